The summed E-state index contributed by atoms with van der Waals surface area (Å²) in [6.45, 7) is 4.23. The minimum atomic E-state index is 0.0226. The van der Waals surface area contributed by atoms with Crippen molar-refractivity contribution < 1.29 is 0 Å². The first-order valence-electron chi connectivity index (χ1n) is 7.82. The fourth-order valence-corrected chi connectivity index (χ4v) is 2.98. The summed E-state index contributed by atoms with van der Waals surface area (Å²) in [7, 11) is 0. The predicted molar refractivity (Wildman–Crippen MR) is 83.4 cm³/mol. The van der Waals surface area contributed by atoms with Crippen LogP contribution >= 0.6 is 11.3 Å². The van der Waals surface area contributed by atoms with E-state index in [-0.39, 0.29) is 6.04 Å². The minimum Gasteiger partial charge on any atom is -0.322 e. The van der Waals surface area contributed by atoms with Crippen LogP contribution in [0.4, 0.5) is 0 Å². The number of hydrogen-bond acceptors (Lipinski definition) is 4. The summed E-state index contributed by atoms with van der Waals surface area (Å²) >= 11 is 1.67. The molecule has 1 heterocycles. The molecule has 2 N–H and O–H groups in total. The standard InChI is InChI=1S/C15H29N3S/c1-3-4-5-6-7-8-9-10-11-12-14-17-18-15(19-14)13(2)16/h13H,3-12,16H2,1-2H3. The molecule has 1 rings (SSSR count). The minimum absolute atomic E-state index is 0.0226. The molecule has 0 aliphatic carbocycles. The Hall–Kier alpha value is -0.480. The molecule has 0 radical (unpaired) electrons. The average molecular weight is 283 g/mol. The van der Waals surface area contributed by atoms with Gasteiger partial charge in [0.25, 0.3) is 0 Å². The number of aryl methyl sites for hydroxylation is 1. The highest BCUT2D eigenvalue weighted by molar-refractivity contribution is 7.11. The second kappa shape index (κ2) is 10.3. The fourth-order valence-electron chi connectivity index (χ4n) is 2.14. The van der Waals surface area contributed by atoms with Crippen LogP contribution in [0.5, 0.6) is 0 Å². The molecule has 1 aromatic heterocycles. The van der Waals surface area contributed by atoms with Crippen molar-refractivity contribution in [2.45, 2.75) is 84.1 Å². The summed E-state index contributed by atoms with van der Waals surface area (Å²) in [4.78, 5) is 0. The molecule has 3 nitrogen and oxygen atoms in total. The fraction of sp³-hybridized carbons (Fsp3) is 0.867. The van der Waals surface area contributed by atoms with Crippen molar-refractivity contribution in [1.29, 1.82) is 0 Å². The number of nitrogens with zero attached hydrogens (tertiary/aromatic N) is 2. The van der Waals surface area contributed by atoms with Gasteiger partial charge in [0.05, 0.1) is 6.04 Å². The van der Waals surface area contributed by atoms with Crippen LogP contribution in [0, 0.1) is 0 Å². The normalized spacial score (nSPS) is 12.8. The number of rotatable bonds is 11. The molecule has 110 valence electrons. The monoisotopic (exact) mass is 283 g/mol. The third kappa shape index (κ3) is 7.63. The number of unbranched alkanes of at least 4 members (excludes halogenated alkanes) is 8. The Morgan fingerprint density at radius 1 is 0.947 bits per heavy atom. The third-order valence-corrected chi connectivity index (χ3v) is 4.55. The molecule has 0 aliphatic rings. The van der Waals surface area contributed by atoms with Crippen molar-refractivity contribution in [1.82, 2.24) is 10.2 Å². The number of nitrogens with two attached hydrogens (primary N) is 1. The van der Waals surface area contributed by atoms with Gasteiger partial charge in [0.15, 0.2) is 0 Å². The maximum absolute atomic E-state index is 5.78. The van der Waals surface area contributed by atoms with Crippen molar-refractivity contribution in [3.63, 3.8) is 0 Å². The smallest absolute Gasteiger partial charge is 0.133 e. The van der Waals surface area contributed by atoms with E-state index in [4.69, 9.17) is 5.73 Å². The van der Waals surface area contributed by atoms with Crippen molar-refractivity contribution >= 4 is 11.3 Å². The summed E-state index contributed by atoms with van der Waals surface area (Å²) in [6, 6.07) is 0.0226. The molecular weight excluding hydrogens is 254 g/mol. The van der Waals surface area contributed by atoms with Crippen LogP contribution in [0.1, 0.15) is 87.7 Å². The molecule has 19 heavy (non-hydrogen) atoms. The van der Waals surface area contributed by atoms with Crippen molar-refractivity contribution in [3.8, 4) is 0 Å². The SMILES string of the molecule is CCCCCCCCCCCc1nnc(C(C)N)s1. The number of hydrogen-bond donors (Lipinski definition) is 1. The Labute approximate surface area is 122 Å². The van der Waals surface area contributed by atoms with Gasteiger partial charge < -0.3 is 5.73 Å². The van der Waals surface area contributed by atoms with Gasteiger partial charge in [0, 0.05) is 6.42 Å². The van der Waals surface area contributed by atoms with Crippen molar-refractivity contribution in [2.75, 3.05) is 0 Å². The second-order valence-electron chi connectivity index (χ2n) is 5.40. The van der Waals surface area contributed by atoms with E-state index >= 15 is 0 Å². The lowest BCUT2D eigenvalue weighted by atomic mass is 10.1. The third-order valence-electron chi connectivity index (χ3n) is 3.37. The van der Waals surface area contributed by atoms with E-state index in [1.54, 1.807) is 11.3 Å². The van der Waals surface area contributed by atoms with E-state index < -0.39 is 0 Å². The molecular formula is C15H29N3S. The molecule has 0 spiro atoms. The maximum atomic E-state index is 5.78. The first-order valence-corrected chi connectivity index (χ1v) is 8.63. The molecule has 0 fully saturated rings. The summed E-state index contributed by atoms with van der Waals surface area (Å²) < 4.78 is 0. The molecule has 0 aliphatic heterocycles. The zero-order valence-electron chi connectivity index (χ0n) is 12.5. The van der Waals surface area contributed by atoms with Gasteiger partial charge in [-0.2, -0.15) is 0 Å². The van der Waals surface area contributed by atoms with E-state index in [9.17, 15) is 0 Å². The average Bonchev–Trinajstić information content (AvgIpc) is 2.86. The maximum Gasteiger partial charge on any atom is 0.133 e. The lowest BCUT2D eigenvalue weighted by Gasteiger charge is -2.00. The van der Waals surface area contributed by atoms with Crippen LogP contribution in [0.3, 0.4) is 0 Å². The Morgan fingerprint density at radius 2 is 1.53 bits per heavy atom. The molecule has 4 heteroatoms. The Kier molecular flexibility index (Phi) is 9.01. The van der Waals surface area contributed by atoms with E-state index in [1.807, 2.05) is 6.92 Å². The van der Waals surface area contributed by atoms with Gasteiger partial charge in [0.1, 0.15) is 10.0 Å². The summed E-state index contributed by atoms with van der Waals surface area (Å²) in [5.41, 5.74) is 5.78. The van der Waals surface area contributed by atoms with Gasteiger partial charge >= 0.3 is 0 Å². The van der Waals surface area contributed by atoms with Crippen molar-refractivity contribution in [3.05, 3.63) is 10.0 Å². The molecule has 1 aromatic rings. The zero-order chi connectivity index (χ0) is 13.9. The number of aromatic nitrogens is 2. The lowest BCUT2D eigenvalue weighted by Crippen LogP contribution is -2.03. The second-order valence-corrected chi connectivity index (χ2v) is 6.49. The van der Waals surface area contributed by atoms with Gasteiger partial charge in [-0.25, -0.2) is 0 Å². The molecule has 0 bridgehead atoms. The van der Waals surface area contributed by atoms with E-state index in [2.05, 4.69) is 17.1 Å². The topological polar surface area (TPSA) is 51.8 Å². The van der Waals surface area contributed by atoms with Crippen molar-refractivity contribution in [2.24, 2.45) is 5.73 Å². The van der Waals surface area contributed by atoms with Crippen LogP contribution in [-0.4, -0.2) is 10.2 Å². The van der Waals surface area contributed by atoms with Gasteiger partial charge in [0.2, 0.25) is 0 Å². The summed E-state index contributed by atoms with van der Waals surface area (Å²) in [6.07, 6.45) is 13.4. The summed E-state index contributed by atoms with van der Waals surface area (Å²) in [5.74, 6) is 0. The van der Waals surface area contributed by atoms with Crippen LogP contribution in [-0.2, 0) is 6.42 Å². The molecule has 1 unspecified atom stereocenters. The molecule has 0 amide bonds. The summed E-state index contributed by atoms with van der Waals surface area (Å²) in [5, 5.41) is 10.4. The van der Waals surface area contributed by atoms with E-state index in [0.29, 0.717) is 0 Å². The van der Waals surface area contributed by atoms with Crippen LogP contribution < -0.4 is 5.73 Å². The Bertz CT molecular complexity index is 323. The first kappa shape index (κ1) is 16.6. The van der Waals surface area contributed by atoms with Crippen LogP contribution in [0.25, 0.3) is 0 Å². The Morgan fingerprint density at radius 3 is 2.05 bits per heavy atom. The van der Waals surface area contributed by atoms with Crippen LogP contribution in [0.15, 0.2) is 0 Å². The van der Waals surface area contributed by atoms with Gasteiger partial charge in [-0.05, 0) is 13.3 Å². The largest absolute Gasteiger partial charge is 0.322 e. The molecule has 0 saturated heterocycles. The lowest BCUT2D eigenvalue weighted by molar-refractivity contribution is 0.564. The Balaban J connectivity index is 1.95. The first-order chi connectivity index (χ1) is 9.24. The zero-order valence-corrected chi connectivity index (χ0v) is 13.3. The quantitative estimate of drug-likeness (QED) is 0.602. The highest BCUT2D eigenvalue weighted by Gasteiger charge is 2.07. The van der Waals surface area contributed by atoms with E-state index in [0.717, 1.165) is 16.4 Å². The molecule has 0 saturated carbocycles. The molecule has 0 aromatic carbocycles. The van der Waals surface area contributed by atoms with Gasteiger partial charge in [-0.3, -0.25) is 0 Å². The van der Waals surface area contributed by atoms with Gasteiger partial charge in [-0.15, -0.1) is 10.2 Å². The predicted octanol–water partition coefficient (Wildman–Crippen LogP) is 4.63. The van der Waals surface area contributed by atoms with E-state index in [1.165, 1.54) is 57.8 Å². The molecule has 1 atom stereocenters. The highest BCUT2D eigenvalue weighted by atomic mass is 32.1. The highest BCUT2D eigenvalue weighted by Crippen LogP contribution is 2.18. The van der Waals surface area contributed by atoms with Gasteiger partial charge in [-0.1, -0.05) is 69.6 Å². The van der Waals surface area contributed by atoms with Crippen LogP contribution in [0.2, 0.25) is 0 Å².